The molecule has 0 aliphatic carbocycles. The average Bonchev–Trinajstić information content (AvgIpc) is 2.60. The van der Waals surface area contributed by atoms with Crippen LogP contribution in [-0.4, -0.2) is 12.2 Å². The second kappa shape index (κ2) is 5.36. The van der Waals surface area contributed by atoms with Gasteiger partial charge >= 0.3 is 5.63 Å². The minimum atomic E-state index is -0.473. The summed E-state index contributed by atoms with van der Waals surface area (Å²) in [5.41, 5.74) is 1.34. The van der Waals surface area contributed by atoms with Crippen molar-refractivity contribution in [2.75, 3.05) is 6.61 Å². The zero-order valence-electron chi connectivity index (χ0n) is 14.4. The van der Waals surface area contributed by atoms with Crippen molar-refractivity contribution in [3.05, 3.63) is 68.5 Å². The summed E-state index contributed by atoms with van der Waals surface area (Å²) in [6.45, 7) is 4.61. The molecule has 2 aliphatic rings. The smallest absolute Gasteiger partial charge is 0.343 e. The molecule has 5 rings (SSSR count). The van der Waals surface area contributed by atoms with Crippen molar-refractivity contribution in [3.63, 3.8) is 0 Å². The van der Waals surface area contributed by atoms with Crippen LogP contribution in [0.2, 0.25) is 0 Å². The van der Waals surface area contributed by atoms with E-state index >= 15 is 0 Å². The van der Waals surface area contributed by atoms with Crippen LogP contribution in [0.5, 0.6) is 11.5 Å². The monoisotopic (exact) mass is 412 g/mol. The fourth-order valence-corrected chi connectivity index (χ4v) is 4.53. The first-order valence-electron chi connectivity index (χ1n) is 8.63. The molecule has 0 amide bonds. The average molecular weight is 413 g/mol. The fraction of sp³-hybridized carbons (Fsp3) is 0.286. The third-order valence-corrected chi connectivity index (χ3v) is 5.99. The SMILES string of the molecule is CC1(C)Oc2c(c(=O)oc3ccccc23)[C@@H]2c3ccc(Br)cc3OC[C@@H]21. The van der Waals surface area contributed by atoms with E-state index in [4.69, 9.17) is 13.9 Å². The van der Waals surface area contributed by atoms with Crippen LogP contribution in [0, 0.1) is 5.92 Å². The number of ether oxygens (including phenoxy) is 2. The number of para-hydroxylation sites is 1. The van der Waals surface area contributed by atoms with Crippen LogP contribution in [0.4, 0.5) is 0 Å². The molecule has 26 heavy (non-hydrogen) atoms. The van der Waals surface area contributed by atoms with Gasteiger partial charge < -0.3 is 13.9 Å². The molecule has 132 valence electrons. The molecule has 3 aromatic rings. The molecule has 3 heterocycles. The van der Waals surface area contributed by atoms with Crippen molar-refractivity contribution in [1.82, 2.24) is 0 Å². The first-order chi connectivity index (χ1) is 12.5. The first-order valence-corrected chi connectivity index (χ1v) is 9.42. The van der Waals surface area contributed by atoms with Crippen molar-refractivity contribution >= 4 is 26.9 Å². The zero-order valence-corrected chi connectivity index (χ0v) is 16.0. The molecule has 0 bridgehead atoms. The van der Waals surface area contributed by atoms with Gasteiger partial charge in [-0.05, 0) is 38.1 Å². The Morgan fingerprint density at radius 2 is 1.96 bits per heavy atom. The largest absolute Gasteiger partial charge is 0.493 e. The van der Waals surface area contributed by atoms with Gasteiger partial charge in [-0.2, -0.15) is 0 Å². The van der Waals surface area contributed by atoms with E-state index in [1.807, 2.05) is 36.4 Å². The third-order valence-electron chi connectivity index (χ3n) is 5.50. The Kier molecular flexibility index (Phi) is 3.29. The van der Waals surface area contributed by atoms with E-state index in [-0.39, 0.29) is 17.5 Å². The van der Waals surface area contributed by atoms with Crippen LogP contribution >= 0.6 is 15.9 Å². The van der Waals surface area contributed by atoms with Gasteiger partial charge in [-0.3, -0.25) is 0 Å². The second-order valence-electron chi connectivity index (χ2n) is 7.41. The van der Waals surface area contributed by atoms with Crippen LogP contribution in [0.1, 0.15) is 30.9 Å². The normalized spacial score (nSPS) is 22.6. The van der Waals surface area contributed by atoms with E-state index < -0.39 is 5.60 Å². The Bertz CT molecular complexity index is 1100. The number of hydrogen-bond donors (Lipinski definition) is 0. The molecule has 2 aromatic carbocycles. The minimum absolute atomic E-state index is 0.0211. The first kappa shape index (κ1) is 15.9. The van der Waals surface area contributed by atoms with Gasteiger partial charge in [0, 0.05) is 21.9 Å². The Labute approximate surface area is 158 Å². The fourth-order valence-electron chi connectivity index (χ4n) is 4.19. The van der Waals surface area contributed by atoms with Crippen LogP contribution in [0.15, 0.2) is 56.1 Å². The summed E-state index contributed by atoms with van der Waals surface area (Å²) >= 11 is 3.49. The maximum atomic E-state index is 12.9. The molecule has 0 unspecified atom stereocenters. The lowest BCUT2D eigenvalue weighted by Gasteiger charge is -2.47. The van der Waals surface area contributed by atoms with Gasteiger partial charge in [-0.15, -0.1) is 0 Å². The highest BCUT2D eigenvalue weighted by atomic mass is 79.9. The van der Waals surface area contributed by atoms with Crippen molar-refractivity contribution in [2.24, 2.45) is 5.92 Å². The van der Waals surface area contributed by atoms with Crippen molar-refractivity contribution in [1.29, 1.82) is 0 Å². The van der Waals surface area contributed by atoms with Crippen molar-refractivity contribution in [2.45, 2.75) is 25.4 Å². The molecule has 0 N–H and O–H groups in total. The van der Waals surface area contributed by atoms with Crippen LogP contribution in [-0.2, 0) is 0 Å². The van der Waals surface area contributed by atoms with Gasteiger partial charge in [-0.25, -0.2) is 4.79 Å². The van der Waals surface area contributed by atoms with Crippen molar-refractivity contribution in [3.8, 4) is 11.5 Å². The standard InChI is InChI=1S/C21H17BrO4/c1-21(2)14-10-24-16-9-11(22)7-8-12(16)17(14)18-19(26-21)13-5-3-4-6-15(13)25-20(18)23/h3-9,14,17H,10H2,1-2H3/t14-,17+/m0/s1. The zero-order chi connectivity index (χ0) is 18.1. The maximum Gasteiger partial charge on any atom is 0.343 e. The van der Waals surface area contributed by atoms with Gasteiger partial charge in [-0.1, -0.05) is 34.1 Å². The topological polar surface area (TPSA) is 48.7 Å². The predicted octanol–water partition coefficient (Wildman–Crippen LogP) is 4.87. The summed E-state index contributed by atoms with van der Waals surface area (Å²) in [7, 11) is 0. The van der Waals surface area contributed by atoms with E-state index in [1.54, 1.807) is 6.07 Å². The number of hydrogen-bond acceptors (Lipinski definition) is 4. The van der Waals surface area contributed by atoms with Crippen molar-refractivity contribution < 1.29 is 13.9 Å². The van der Waals surface area contributed by atoms with Gasteiger partial charge in [0.1, 0.15) is 22.7 Å². The summed E-state index contributed by atoms with van der Waals surface area (Å²) in [5, 5.41) is 0.832. The minimum Gasteiger partial charge on any atom is -0.493 e. The van der Waals surface area contributed by atoms with E-state index in [1.165, 1.54) is 0 Å². The summed E-state index contributed by atoms with van der Waals surface area (Å²) < 4.78 is 19.0. The van der Waals surface area contributed by atoms with E-state index in [0.29, 0.717) is 23.5 Å². The molecule has 4 nitrogen and oxygen atoms in total. The lowest BCUT2D eigenvalue weighted by atomic mass is 9.70. The summed E-state index contributed by atoms with van der Waals surface area (Å²) in [6.07, 6.45) is 0. The van der Waals surface area contributed by atoms with Gasteiger partial charge in [0.05, 0.1) is 17.6 Å². The molecule has 2 aliphatic heterocycles. The van der Waals surface area contributed by atoms with E-state index in [2.05, 4.69) is 29.8 Å². The van der Waals surface area contributed by atoms with Gasteiger partial charge in [0.15, 0.2) is 0 Å². The quantitative estimate of drug-likeness (QED) is 0.494. The number of fused-ring (bicyclic) bond motifs is 7. The molecule has 0 saturated heterocycles. The Hall–Kier alpha value is -2.27. The lowest BCUT2D eigenvalue weighted by molar-refractivity contribution is -0.0137. The lowest BCUT2D eigenvalue weighted by Crippen LogP contribution is -2.50. The number of halogens is 1. The molecular formula is C21H17BrO4. The molecule has 2 atom stereocenters. The Morgan fingerprint density at radius 3 is 2.81 bits per heavy atom. The molecule has 1 aromatic heterocycles. The molecule has 0 saturated carbocycles. The van der Waals surface area contributed by atoms with E-state index in [0.717, 1.165) is 21.2 Å². The van der Waals surface area contributed by atoms with E-state index in [9.17, 15) is 4.79 Å². The Balaban J connectivity index is 1.86. The highest BCUT2D eigenvalue weighted by molar-refractivity contribution is 9.10. The second-order valence-corrected chi connectivity index (χ2v) is 8.33. The van der Waals surface area contributed by atoms with Gasteiger partial charge in [0.25, 0.3) is 0 Å². The maximum absolute atomic E-state index is 12.9. The number of rotatable bonds is 0. The summed E-state index contributed by atoms with van der Waals surface area (Å²) in [6, 6.07) is 13.5. The molecule has 0 radical (unpaired) electrons. The third kappa shape index (κ3) is 2.16. The number of benzene rings is 2. The highest BCUT2D eigenvalue weighted by Gasteiger charge is 2.50. The molecule has 5 heteroatoms. The highest BCUT2D eigenvalue weighted by Crippen LogP contribution is 2.53. The van der Waals surface area contributed by atoms with Crippen LogP contribution in [0.3, 0.4) is 0 Å². The van der Waals surface area contributed by atoms with Crippen LogP contribution < -0.4 is 15.1 Å². The Morgan fingerprint density at radius 1 is 1.15 bits per heavy atom. The molecule has 0 spiro atoms. The molecular weight excluding hydrogens is 396 g/mol. The summed E-state index contributed by atoms with van der Waals surface area (Å²) in [5.74, 6) is 1.34. The predicted molar refractivity (Wildman–Crippen MR) is 102 cm³/mol. The van der Waals surface area contributed by atoms with Gasteiger partial charge in [0.2, 0.25) is 0 Å². The van der Waals surface area contributed by atoms with Crippen LogP contribution in [0.25, 0.3) is 11.0 Å². The molecule has 0 fully saturated rings. The summed E-state index contributed by atoms with van der Waals surface area (Å²) in [4.78, 5) is 12.9.